The standard InChI is InChI=1S/C10H10F10O/c1-2-21-10(19,20)9(17,18)8(15,16)6(11)4-3-5-7(12,13)14/h2,6H,1,3-5H2. The summed E-state index contributed by atoms with van der Waals surface area (Å²) in [6.07, 6.45) is -19.4. The van der Waals surface area contributed by atoms with Crippen molar-refractivity contribution < 1.29 is 48.6 Å². The van der Waals surface area contributed by atoms with Crippen LogP contribution in [0, 0.1) is 0 Å². The minimum Gasteiger partial charge on any atom is -0.436 e. The second kappa shape index (κ2) is 6.30. The summed E-state index contributed by atoms with van der Waals surface area (Å²) in [7, 11) is 0. The minimum absolute atomic E-state index is 0.249. The molecule has 0 bridgehead atoms. The van der Waals surface area contributed by atoms with E-state index >= 15 is 0 Å². The van der Waals surface area contributed by atoms with Gasteiger partial charge in [-0.05, 0) is 12.8 Å². The molecule has 0 saturated heterocycles. The highest BCUT2D eigenvalue weighted by atomic mass is 19.4. The number of ether oxygens (including phenoxy) is 1. The molecule has 0 aromatic heterocycles. The first kappa shape index (κ1) is 19.8. The van der Waals surface area contributed by atoms with E-state index < -0.39 is 49.6 Å². The molecule has 0 rings (SSSR count). The van der Waals surface area contributed by atoms with Crippen LogP contribution in [-0.2, 0) is 4.74 Å². The second-order valence-corrected chi connectivity index (χ2v) is 3.97. The summed E-state index contributed by atoms with van der Waals surface area (Å²) >= 11 is 0. The molecule has 0 saturated carbocycles. The first-order valence-electron chi connectivity index (χ1n) is 5.32. The molecule has 0 aromatic carbocycles. The maximum atomic E-state index is 13.0. The zero-order chi connectivity index (χ0) is 17.1. The van der Waals surface area contributed by atoms with Crippen LogP contribution in [0.5, 0.6) is 0 Å². The van der Waals surface area contributed by atoms with Gasteiger partial charge in [-0.2, -0.15) is 39.5 Å². The van der Waals surface area contributed by atoms with E-state index in [-0.39, 0.29) is 6.26 Å². The number of hydrogen-bond acceptors (Lipinski definition) is 1. The Labute approximate surface area is 112 Å². The highest BCUT2D eigenvalue weighted by molar-refractivity contribution is 4.97. The zero-order valence-corrected chi connectivity index (χ0v) is 10.2. The molecular weight excluding hydrogens is 326 g/mol. The van der Waals surface area contributed by atoms with Crippen molar-refractivity contribution in [3.8, 4) is 0 Å². The van der Waals surface area contributed by atoms with Crippen LogP contribution >= 0.6 is 0 Å². The fraction of sp³-hybridized carbons (Fsp3) is 0.800. The van der Waals surface area contributed by atoms with Crippen molar-refractivity contribution in [3.05, 3.63) is 12.8 Å². The Bertz CT molecular complexity index is 348. The van der Waals surface area contributed by atoms with Gasteiger partial charge in [-0.3, -0.25) is 0 Å². The summed E-state index contributed by atoms with van der Waals surface area (Å²) < 4.78 is 128. The van der Waals surface area contributed by atoms with E-state index in [0.29, 0.717) is 0 Å². The topological polar surface area (TPSA) is 9.23 Å². The van der Waals surface area contributed by atoms with Crippen LogP contribution < -0.4 is 0 Å². The minimum atomic E-state index is -6.27. The SMILES string of the molecule is C=COC(F)(F)C(F)(F)C(F)(F)C(F)CCCC(F)(F)F. The lowest BCUT2D eigenvalue weighted by Crippen LogP contribution is -2.58. The summed E-state index contributed by atoms with van der Waals surface area (Å²) in [5.41, 5.74) is 0. The third-order valence-electron chi connectivity index (χ3n) is 2.33. The third-order valence-corrected chi connectivity index (χ3v) is 2.33. The van der Waals surface area contributed by atoms with E-state index in [1.807, 2.05) is 0 Å². The summed E-state index contributed by atoms with van der Waals surface area (Å²) in [6.45, 7) is 2.46. The Morgan fingerprint density at radius 2 is 1.43 bits per heavy atom. The molecule has 126 valence electrons. The van der Waals surface area contributed by atoms with Crippen molar-refractivity contribution >= 4 is 0 Å². The third kappa shape index (κ3) is 4.67. The van der Waals surface area contributed by atoms with Crippen LogP contribution in [0.15, 0.2) is 12.8 Å². The van der Waals surface area contributed by atoms with Gasteiger partial charge in [0.05, 0.1) is 6.26 Å². The number of halogens is 10. The normalized spacial score (nSPS) is 15.7. The van der Waals surface area contributed by atoms with E-state index in [2.05, 4.69) is 11.3 Å². The van der Waals surface area contributed by atoms with Crippen LogP contribution in [0.4, 0.5) is 43.9 Å². The van der Waals surface area contributed by atoms with Gasteiger partial charge in [0.25, 0.3) is 0 Å². The smallest absolute Gasteiger partial charge is 0.436 e. The zero-order valence-electron chi connectivity index (χ0n) is 10.2. The molecule has 21 heavy (non-hydrogen) atoms. The molecule has 0 radical (unpaired) electrons. The maximum absolute atomic E-state index is 13.0. The van der Waals surface area contributed by atoms with E-state index in [1.165, 1.54) is 0 Å². The predicted molar refractivity (Wildman–Crippen MR) is 50.9 cm³/mol. The molecular formula is C10H10F10O. The second-order valence-electron chi connectivity index (χ2n) is 3.97. The number of hydrogen-bond donors (Lipinski definition) is 0. The highest BCUT2D eigenvalue weighted by Crippen LogP contribution is 2.49. The fourth-order valence-corrected chi connectivity index (χ4v) is 1.23. The lowest BCUT2D eigenvalue weighted by molar-refractivity contribution is -0.393. The van der Waals surface area contributed by atoms with Gasteiger partial charge in [0.2, 0.25) is 0 Å². The summed E-state index contributed by atoms with van der Waals surface area (Å²) in [6, 6.07) is 0. The van der Waals surface area contributed by atoms with Gasteiger partial charge in [-0.15, -0.1) is 0 Å². The molecule has 11 heteroatoms. The number of rotatable bonds is 8. The monoisotopic (exact) mass is 336 g/mol. The molecule has 0 spiro atoms. The van der Waals surface area contributed by atoms with Crippen molar-refractivity contribution in [2.45, 2.75) is 49.6 Å². The van der Waals surface area contributed by atoms with Crippen LogP contribution in [-0.4, -0.2) is 30.3 Å². The Balaban J connectivity index is 4.96. The first-order chi connectivity index (χ1) is 9.19. The largest absolute Gasteiger partial charge is 0.470 e. The molecule has 0 N–H and O–H groups in total. The van der Waals surface area contributed by atoms with Crippen molar-refractivity contribution in [2.75, 3.05) is 0 Å². The molecule has 0 aliphatic heterocycles. The van der Waals surface area contributed by atoms with Gasteiger partial charge in [0.1, 0.15) is 0 Å². The van der Waals surface area contributed by atoms with E-state index in [0.717, 1.165) is 0 Å². The molecule has 0 aromatic rings. The molecule has 0 amide bonds. The fourth-order valence-electron chi connectivity index (χ4n) is 1.23. The first-order valence-corrected chi connectivity index (χ1v) is 5.32. The Hall–Kier alpha value is -1.16. The Morgan fingerprint density at radius 1 is 0.952 bits per heavy atom. The molecule has 1 atom stereocenters. The van der Waals surface area contributed by atoms with Crippen molar-refractivity contribution in [2.24, 2.45) is 0 Å². The van der Waals surface area contributed by atoms with Gasteiger partial charge < -0.3 is 4.74 Å². The molecule has 0 aliphatic carbocycles. The van der Waals surface area contributed by atoms with Gasteiger partial charge in [-0.1, -0.05) is 6.58 Å². The molecule has 1 nitrogen and oxygen atoms in total. The average Bonchev–Trinajstić information content (AvgIpc) is 2.26. The Kier molecular flexibility index (Phi) is 5.96. The molecule has 0 heterocycles. The van der Waals surface area contributed by atoms with Gasteiger partial charge in [0.15, 0.2) is 6.17 Å². The summed E-state index contributed by atoms with van der Waals surface area (Å²) in [4.78, 5) is 0. The quantitative estimate of drug-likeness (QED) is 0.444. The predicted octanol–water partition coefficient (Wildman–Crippen LogP) is 5.08. The summed E-state index contributed by atoms with van der Waals surface area (Å²) in [5, 5.41) is 0. The van der Waals surface area contributed by atoms with E-state index in [4.69, 9.17) is 0 Å². The van der Waals surface area contributed by atoms with Gasteiger partial charge in [-0.25, -0.2) is 4.39 Å². The average molecular weight is 336 g/mol. The van der Waals surface area contributed by atoms with Gasteiger partial charge >= 0.3 is 24.1 Å². The van der Waals surface area contributed by atoms with Crippen molar-refractivity contribution in [1.82, 2.24) is 0 Å². The van der Waals surface area contributed by atoms with Crippen LogP contribution in [0.3, 0.4) is 0 Å². The lowest BCUT2D eigenvalue weighted by atomic mass is 10.0. The highest BCUT2D eigenvalue weighted by Gasteiger charge is 2.76. The van der Waals surface area contributed by atoms with Crippen molar-refractivity contribution in [3.63, 3.8) is 0 Å². The summed E-state index contributed by atoms with van der Waals surface area (Å²) in [5.74, 6) is -12.2. The maximum Gasteiger partial charge on any atom is 0.470 e. The van der Waals surface area contributed by atoms with E-state index in [1.54, 1.807) is 0 Å². The molecule has 1 unspecified atom stereocenters. The van der Waals surface area contributed by atoms with Crippen LogP contribution in [0.2, 0.25) is 0 Å². The van der Waals surface area contributed by atoms with E-state index in [9.17, 15) is 43.9 Å². The Morgan fingerprint density at radius 3 is 1.81 bits per heavy atom. The molecule has 0 aliphatic rings. The lowest BCUT2D eigenvalue weighted by Gasteiger charge is -2.33. The van der Waals surface area contributed by atoms with Crippen molar-refractivity contribution in [1.29, 1.82) is 0 Å². The molecule has 0 fully saturated rings. The number of alkyl halides is 10. The van der Waals surface area contributed by atoms with Crippen LogP contribution in [0.1, 0.15) is 19.3 Å². The van der Waals surface area contributed by atoms with Crippen LogP contribution in [0.25, 0.3) is 0 Å². The van der Waals surface area contributed by atoms with Gasteiger partial charge in [0, 0.05) is 6.42 Å².